The van der Waals surface area contributed by atoms with E-state index < -0.39 is 47.0 Å². The van der Waals surface area contributed by atoms with Crippen molar-refractivity contribution in [1.82, 2.24) is 4.98 Å². The van der Waals surface area contributed by atoms with Crippen molar-refractivity contribution in [2.45, 2.75) is 89.9 Å². The van der Waals surface area contributed by atoms with Crippen LogP contribution in [0.15, 0.2) is 24.3 Å². The Labute approximate surface area is 220 Å². The fourth-order valence-corrected chi connectivity index (χ4v) is 6.34. The van der Waals surface area contributed by atoms with Crippen LogP contribution in [0.25, 0.3) is 0 Å². The summed E-state index contributed by atoms with van der Waals surface area (Å²) in [6.45, 7) is 10.1. The van der Waals surface area contributed by atoms with Crippen LogP contribution in [0.1, 0.15) is 117 Å². The third-order valence-corrected chi connectivity index (χ3v) is 8.08. The maximum Gasteiger partial charge on any atom is 0.416 e. The second-order valence-electron chi connectivity index (χ2n) is 11.7. The Balaban J connectivity index is 1.78. The molecule has 206 valence electrons. The molecule has 3 heterocycles. The lowest BCUT2D eigenvalue weighted by atomic mass is 9.68. The number of aromatic nitrogens is 1. The first kappa shape index (κ1) is 27.1. The van der Waals surface area contributed by atoms with Crippen LogP contribution in [-0.4, -0.2) is 29.3 Å². The molecule has 2 unspecified atom stereocenters. The van der Waals surface area contributed by atoms with Gasteiger partial charge in [0.25, 0.3) is 0 Å². The smallest absolute Gasteiger partial charge is 0.416 e. The van der Waals surface area contributed by atoms with Crippen molar-refractivity contribution in [1.29, 1.82) is 0 Å². The van der Waals surface area contributed by atoms with Crippen LogP contribution < -0.4 is 0 Å². The predicted octanol–water partition coefficient (Wildman–Crippen LogP) is 6.42. The molecule has 1 fully saturated rings. The van der Waals surface area contributed by atoms with E-state index in [0.29, 0.717) is 49.3 Å². The molecule has 6 nitrogen and oxygen atoms in total. The van der Waals surface area contributed by atoms with Crippen molar-refractivity contribution in [3.63, 3.8) is 0 Å². The van der Waals surface area contributed by atoms with E-state index >= 15 is 0 Å². The monoisotopic (exact) mass is 533 g/mol. The molecule has 5 rings (SSSR count). The lowest BCUT2D eigenvalue weighted by Crippen LogP contribution is -2.39. The van der Waals surface area contributed by atoms with Gasteiger partial charge in [0, 0.05) is 55.2 Å². The van der Waals surface area contributed by atoms with E-state index in [-0.39, 0.29) is 5.92 Å². The number of ether oxygens (including phenoxy) is 3. The molecule has 0 radical (unpaired) electrons. The Kier molecular flexibility index (Phi) is 6.64. The van der Waals surface area contributed by atoms with Gasteiger partial charge in [-0.3, -0.25) is 9.78 Å². The topological polar surface area (TPSA) is 77.9 Å². The molecule has 3 aliphatic rings. The van der Waals surface area contributed by atoms with E-state index in [4.69, 9.17) is 19.2 Å². The summed E-state index contributed by atoms with van der Waals surface area (Å²) in [4.78, 5) is 17.2. The lowest BCUT2D eigenvalue weighted by Gasteiger charge is -2.43. The molecule has 1 aromatic heterocycles. The molecule has 3 atom stereocenters. The van der Waals surface area contributed by atoms with Gasteiger partial charge >= 0.3 is 12.1 Å². The highest BCUT2D eigenvalue weighted by Gasteiger charge is 2.54. The third-order valence-electron chi connectivity index (χ3n) is 8.08. The normalized spacial score (nSPS) is 25.8. The number of nitrogens with zero attached hydrogens (tertiary/aromatic N) is 1. The van der Waals surface area contributed by atoms with Crippen molar-refractivity contribution in [3.8, 4) is 0 Å². The Morgan fingerprint density at radius 1 is 1.13 bits per heavy atom. The van der Waals surface area contributed by atoms with Gasteiger partial charge in [0.2, 0.25) is 0 Å². The Morgan fingerprint density at radius 3 is 2.32 bits per heavy atom. The lowest BCUT2D eigenvalue weighted by molar-refractivity contribution is -0.157. The highest BCUT2D eigenvalue weighted by Crippen LogP contribution is 2.59. The molecule has 0 saturated carbocycles. The Hall–Kier alpha value is -2.49. The van der Waals surface area contributed by atoms with Crippen molar-refractivity contribution < 1.29 is 37.3 Å². The molecule has 1 saturated heterocycles. The summed E-state index contributed by atoms with van der Waals surface area (Å²) in [5, 5.41) is 11.5. The van der Waals surface area contributed by atoms with Crippen LogP contribution in [0, 0.1) is 5.41 Å². The second-order valence-corrected chi connectivity index (χ2v) is 11.7. The summed E-state index contributed by atoms with van der Waals surface area (Å²) in [7, 11) is 0. The molecule has 0 amide bonds. The van der Waals surface area contributed by atoms with Gasteiger partial charge < -0.3 is 19.3 Å². The number of benzene rings is 1. The van der Waals surface area contributed by atoms with Gasteiger partial charge in [0.05, 0.1) is 23.0 Å². The molecular weight excluding hydrogens is 499 g/mol. The first-order valence-electron chi connectivity index (χ1n) is 13.1. The number of pyridine rings is 1. The quantitative estimate of drug-likeness (QED) is 0.459. The number of alkyl halides is 3. The van der Waals surface area contributed by atoms with E-state index in [9.17, 15) is 23.1 Å². The minimum absolute atomic E-state index is 0.0650. The van der Waals surface area contributed by atoms with Crippen molar-refractivity contribution in [2.75, 3.05) is 13.2 Å². The molecule has 1 aliphatic carbocycles. The number of fused-ring (bicyclic) bond motifs is 4. The molecular formula is C29H34F3NO5. The van der Waals surface area contributed by atoms with Gasteiger partial charge in [-0.2, -0.15) is 13.2 Å². The number of carbonyl (C=O) groups is 1. The highest BCUT2D eigenvalue weighted by molar-refractivity contribution is 5.67. The average Bonchev–Trinajstić information content (AvgIpc) is 3.14. The molecule has 9 heteroatoms. The number of hydrogen-bond acceptors (Lipinski definition) is 6. The fraction of sp³-hybridized carbons (Fsp3) is 0.586. The van der Waals surface area contributed by atoms with E-state index in [1.54, 1.807) is 0 Å². The Bertz CT molecular complexity index is 1230. The van der Waals surface area contributed by atoms with Gasteiger partial charge in [-0.15, -0.1) is 0 Å². The zero-order valence-corrected chi connectivity index (χ0v) is 22.3. The largest absolute Gasteiger partial charge is 0.455 e. The number of hydrogen-bond donors (Lipinski definition) is 1. The van der Waals surface area contributed by atoms with Crippen LogP contribution in [0.2, 0.25) is 0 Å². The summed E-state index contributed by atoms with van der Waals surface area (Å²) in [5.74, 6) is -0.497. The average molecular weight is 534 g/mol. The van der Waals surface area contributed by atoms with Gasteiger partial charge in [-0.05, 0) is 35.6 Å². The van der Waals surface area contributed by atoms with Crippen LogP contribution in [-0.2, 0) is 30.8 Å². The molecule has 1 aromatic carbocycles. The Morgan fingerprint density at radius 2 is 1.76 bits per heavy atom. The van der Waals surface area contributed by atoms with E-state index in [0.717, 1.165) is 29.0 Å². The maximum atomic E-state index is 13.3. The van der Waals surface area contributed by atoms with E-state index in [1.165, 1.54) is 19.1 Å². The molecule has 0 bridgehead atoms. The van der Waals surface area contributed by atoms with Gasteiger partial charge in [-0.1, -0.05) is 39.8 Å². The molecule has 38 heavy (non-hydrogen) atoms. The van der Waals surface area contributed by atoms with Crippen LogP contribution in [0.3, 0.4) is 0 Å². The van der Waals surface area contributed by atoms with Gasteiger partial charge in [0.15, 0.2) is 0 Å². The summed E-state index contributed by atoms with van der Waals surface area (Å²) in [6, 6.07) is 5.06. The number of halogens is 3. The van der Waals surface area contributed by atoms with Gasteiger partial charge in [0.1, 0.15) is 12.2 Å². The summed E-state index contributed by atoms with van der Waals surface area (Å²) in [5.41, 5.74) is 2.00. The second kappa shape index (κ2) is 9.31. The van der Waals surface area contributed by atoms with E-state index in [1.807, 2.05) is 27.7 Å². The van der Waals surface area contributed by atoms with Crippen molar-refractivity contribution >= 4 is 5.97 Å². The number of rotatable bonds is 3. The van der Waals surface area contributed by atoms with Crippen LogP contribution in [0.5, 0.6) is 0 Å². The van der Waals surface area contributed by atoms with Crippen molar-refractivity contribution in [3.05, 3.63) is 63.5 Å². The summed E-state index contributed by atoms with van der Waals surface area (Å²) >= 11 is 0. The SMILES string of the molecule is CC(=O)O[C@H]1c2nc(C(C)C)c3c(c2C(O)CC1(C)C)C1(CCOCC1)OC3c1ccc(C(F)(F)F)cc1. The molecule has 1 N–H and O–H groups in total. The number of carbonyl (C=O) groups excluding carboxylic acids is 1. The zero-order valence-electron chi connectivity index (χ0n) is 22.3. The molecule has 2 aliphatic heterocycles. The third kappa shape index (κ3) is 4.42. The molecule has 2 aromatic rings. The van der Waals surface area contributed by atoms with Crippen molar-refractivity contribution in [2.24, 2.45) is 5.41 Å². The minimum atomic E-state index is -4.44. The predicted molar refractivity (Wildman–Crippen MR) is 132 cm³/mol. The number of aliphatic hydroxyl groups excluding tert-OH is 1. The molecule has 1 spiro atoms. The van der Waals surface area contributed by atoms with Crippen LogP contribution >= 0.6 is 0 Å². The maximum absolute atomic E-state index is 13.3. The van der Waals surface area contributed by atoms with E-state index in [2.05, 4.69) is 0 Å². The summed E-state index contributed by atoms with van der Waals surface area (Å²) in [6.07, 6.45) is -5.23. The number of esters is 1. The van der Waals surface area contributed by atoms with Gasteiger partial charge in [-0.25, -0.2) is 0 Å². The highest BCUT2D eigenvalue weighted by atomic mass is 19.4. The zero-order chi connectivity index (χ0) is 27.6. The van der Waals surface area contributed by atoms with Crippen LogP contribution in [0.4, 0.5) is 13.2 Å². The standard InChI is InChI=1S/C29H34F3NO5/c1-15(2)23-21-22(20-19(35)14-27(4,5)26(24(20)33-23)37-16(3)34)28(10-12-36-13-11-28)38-25(21)17-6-8-18(9-7-17)29(30,31)32/h6-9,15,19,25-26,35H,10-14H2,1-5H3/t19?,25?,26-/m0/s1. The first-order valence-corrected chi connectivity index (χ1v) is 13.1. The minimum Gasteiger partial charge on any atom is -0.455 e. The summed E-state index contributed by atoms with van der Waals surface area (Å²) < 4.78 is 58.2. The number of aliphatic hydroxyl groups is 1. The first-order chi connectivity index (χ1) is 17.7. The fourth-order valence-electron chi connectivity index (χ4n) is 6.34.